The van der Waals surface area contributed by atoms with Gasteiger partial charge in [-0.15, -0.1) is 0 Å². The van der Waals surface area contributed by atoms with Crippen LogP contribution in [0.4, 0.5) is 0 Å². The Bertz CT molecular complexity index is 813. The summed E-state index contributed by atoms with van der Waals surface area (Å²) >= 11 is 0. The summed E-state index contributed by atoms with van der Waals surface area (Å²) in [6, 6.07) is 10.00. The second kappa shape index (κ2) is 7.10. The lowest BCUT2D eigenvalue weighted by Gasteiger charge is -2.27. The maximum atomic E-state index is 13.0. The fourth-order valence-electron chi connectivity index (χ4n) is 3.78. The zero-order valence-corrected chi connectivity index (χ0v) is 16.1. The summed E-state index contributed by atoms with van der Waals surface area (Å²) in [4.78, 5) is 28.4. The van der Waals surface area contributed by atoms with Crippen molar-refractivity contribution in [2.24, 2.45) is 5.41 Å². The van der Waals surface area contributed by atoms with E-state index in [0.717, 1.165) is 41.6 Å². The van der Waals surface area contributed by atoms with E-state index in [2.05, 4.69) is 31.1 Å². The Labute approximate surface area is 155 Å². The maximum absolute atomic E-state index is 13.0. The number of Topliss-reactive ketones (excluding diaryl/α,β-unsaturated/α-hetero) is 1. The molecule has 1 heterocycles. The average molecular weight is 352 g/mol. The molecule has 1 aliphatic rings. The Morgan fingerprint density at radius 3 is 2.50 bits per heavy atom. The number of fused-ring (bicyclic) bond motifs is 1. The van der Waals surface area contributed by atoms with E-state index in [9.17, 15) is 9.59 Å². The van der Waals surface area contributed by atoms with Gasteiger partial charge in [0, 0.05) is 17.7 Å². The molecular formula is C22H28N2O2. The third kappa shape index (κ3) is 3.90. The molecule has 26 heavy (non-hydrogen) atoms. The van der Waals surface area contributed by atoms with E-state index in [1.807, 2.05) is 37.3 Å². The van der Waals surface area contributed by atoms with Gasteiger partial charge in [-0.1, -0.05) is 51.1 Å². The quantitative estimate of drug-likeness (QED) is 0.834. The number of rotatable bonds is 4. The van der Waals surface area contributed by atoms with Crippen LogP contribution in [0.1, 0.15) is 83.7 Å². The SMILES string of the molecule is Cc1c(C(=O)NC(CC(C)(C)C)c2ccccc2)[nH]c2c1C(=O)CCC2. The summed E-state index contributed by atoms with van der Waals surface area (Å²) in [6.07, 6.45) is 3.09. The monoisotopic (exact) mass is 352 g/mol. The summed E-state index contributed by atoms with van der Waals surface area (Å²) < 4.78 is 0. The lowest BCUT2D eigenvalue weighted by atomic mass is 9.85. The van der Waals surface area contributed by atoms with Crippen molar-refractivity contribution < 1.29 is 9.59 Å². The maximum Gasteiger partial charge on any atom is 0.268 e. The van der Waals surface area contributed by atoms with Crippen LogP contribution in [-0.4, -0.2) is 16.7 Å². The molecule has 1 aliphatic carbocycles. The minimum Gasteiger partial charge on any atom is -0.354 e. The number of benzene rings is 1. The van der Waals surface area contributed by atoms with E-state index in [-0.39, 0.29) is 23.1 Å². The number of hydrogen-bond acceptors (Lipinski definition) is 2. The Morgan fingerprint density at radius 2 is 1.88 bits per heavy atom. The zero-order valence-electron chi connectivity index (χ0n) is 16.1. The number of aryl methyl sites for hydroxylation is 1. The van der Waals surface area contributed by atoms with Gasteiger partial charge in [-0.3, -0.25) is 9.59 Å². The van der Waals surface area contributed by atoms with Crippen molar-refractivity contribution in [2.45, 2.75) is 59.4 Å². The van der Waals surface area contributed by atoms with E-state index < -0.39 is 0 Å². The molecule has 1 aromatic heterocycles. The Balaban J connectivity index is 1.88. The third-order valence-corrected chi connectivity index (χ3v) is 4.99. The normalized spacial score (nSPS) is 15.5. The Morgan fingerprint density at radius 1 is 1.19 bits per heavy atom. The molecule has 2 aromatic rings. The van der Waals surface area contributed by atoms with Crippen molar-refractivity contribution in [3.8, 4) is 0 Å². The van der Waals surface area contributed by atoms with Gasteiger partial charge in [0.05, 0.1) is 6.04 Å². The molecule has 0 aliphatic heterocycles. The van der Waals surface area contributed by atoms with E-state index in [0.29, 0.717) is 12.1 Å². The smallest absolute Gasteiger partial charge is 0.268 e. The molecule has 4 heteroatoms. The van der Waals surface area contributed by atoms with Crippen LogP contribution in [0, 0.1) is 12.3 Å². The van der Waals surface area contributed by atoms with Gasteiger partial charge in [-0.2, -0.15) is 0 Å². The topological polar surface area (TPSA) is 62.0 Å². The first-order valence-corrected chi connectivity index (χ1v) is 9.37. The Hall–Kier alpha value is -2.36. The van der Waals surface area contributed by atoms with Gasteiger partial charge in [0.15, 0.2) is 5.78 Å². The van der Waals surface area contributed by atoms with Gasteiger partial charge < -0.3 is 10.3 Å². The van der Waals surface area contributed by atoms with Gasteiger partial charge >= 0.3 is 0 Å². The first-order chi connectivity index (χ1) is 12.3. The van der Waals surface area contributed by atoms with Gasteiger partial charge in [-0.05, 0) is 42.7 Å². The molecule has 1 unspecified atom stereocenters. The van der Waals surface area contributed by atoms with Crippen LogP contribution in [0.5, 0.6) is 0 Å². The highest BCUT2D eigenvalue weighted by atomic mass is 16.2. The van der Waals surface area contributed by atoms with Crippen molar-refractivity contribution in [3.63, 3.8) is 0 Å². The highest BCUT2D eigenvalue weighted by Gasteiger charge is 2.28. The number of aromatic nitrogens is 1. The molecule has 0 saturated heterocycles. The summed E-state index contributed by atoms with van der Waals surface area (Å²) in [5.41, 5.74) is 4.13. The minimum atomic E-state index is -0.136. The molecule has 0 radical (unpaired) electrons. The largest absolute Gasteiger partial charge is 0.354 e. The van der Waals surface area contributed by atoms with Gasteiger partial charge in [0.2, 0.25) is 0 Å². The highest BCUT2D eigenvalue weighted by Crippen LogP contribution is 2.31. The van der Waals surface area contributed by atoms with E-state index >= 15 is 0 Å². The lowest BCUT2D eigenvalue weighted by Crippen LogP contribution is -2.32. The average Bonchev–Trinajstić information content (AvgIpc) is 2.92. The van der Waals surface area contributed by atoms with Crippen LogP contribution >= 0.6 is 0 Å². The molecule has 0 fully saturated rings. The lowest BCUT2D eigenvalue weighted by molar-refractivity contribution is 0.0920. The van der Waals surface area contributed by atoms with E-state index in [1.165, 1.54) is 0 Å². The molecule has 0 spiro atoms. The number of ketones is 1. The van der Waals surface area contributed by atoms with Gasteiger partial charge in [-0.25, -0.2) is 0 Å². The Kier molecular flexibility index (Phi) is 5.03. The number of aromatic amines is 1. The van der Waals surface area contributed by atoms with Crippen molar-refractivity contribution in [2.75, 3.05) is 0 Å². The number of nitrogens with one attached hydrogen (secondary N) is 2. The molecule has 3 rings (SSSR count). The summed E-state index contributed by atoms with van der Waals surface area (Å²) in [7, 11) is 0. The van der Waals surface area contributed by atoms with Crippen LogP contribution in [0.15, 0.2) is 30.3 Å². The highest BCUT2D eigenvalue weighted by molar-refractivity contribution is 6.04. The van der Waals surface area contributed by atoms with Crippen LogP contribution < -0.4 is 5.32 Å². The van der Waals surface area contributed by atoms with Gasteiger partial charge in [0.25, 0.3) is 5.91 Å². The van der Waals surface area contributed by atoms with Crippen LogP contribution in [0.3, 0.4) is 0 Å². The summed E-state index contributed by atoms with van der Waals surface area (Å²) in [5.74, 6) is 0.0103. The number of amides is 1. The first kappa shape index (κ1) is 18.4. The molecular weight excluding hydrogens is 324 g/mol. The van der Waals surface area contributed by atoms with E-state index in [1.54, 1.807) is 0 Å². The number of H-pyrrole nitrogens is 1. The fraction of sp³-hybridized carbons (Fsp3) is 0.455. The molecule has 138 valence electrons. The first-order valence-electron chi connectivity index (χ1n) is 9.37. The molecule has 0 saturated carbocycles. The van der Waals surface area contributed by atoms with E-state index in [4.69, 9.17) is 0 Å². The number of hydrogen-bond donors (Lipinski definition) is 2. The summed E-state index contributed by atoms with van der Waals surface area (Å²) in [6.45, 7) is 8.39. The molecule has 1 aromatic carbocycles. The number of carbonyl (C=O) groups is 2. The van der Waals surface area contributed by atoms with Crippen LogP contribution in [-0.2, 0) is 6.42 Å². The van der Waals surface area contributed by atoms with Crippen LogP contribution in [0.25, 0.3) is 0 Å². The van der Waals surface area contributed by atoms with Crippen molar-refractivity contribution in [3.05, 3.63) is 58.4 Å². The predicted molar refractivity (Wildman–Crippen MR) is 104 cm³/mol. The van der Waals surface area contributed by atoms with Gasteiger partial charge in [0.1, 0.15) is 5.69 Å². The third-order valence-electron chi connectivity index (χ3n) is 4.99. The predicted octanol–water partition coefficient (Wildman–Crippen LogP) is 4.75. The zero-order chi connectivity index (χ0) is 18.9. The van der Waals surface area contributed by atoms with Crippen molar-refractivity contribution in [1.82, 2.24) is 10.3 Å². The van der Waals surface area contributed by atoms with Crippen LogP contribution in [0.2, 0.25) is 0 Å². The second-order valence-electron chi connectivity index (χ2n) is 8.46. The molecule has 1 atom stereocenters. The second-order valence-corrected chi connectivity index (χ2v) is 8.46. The molecule has 0 bridgehead atoms. The van der Waals surface area contributed by atoms with Crippen molar-refractivity contribution >= 4 is 11.7 Å². The number of carbonyl (C=O) groups excluding carboxylic acids is 2. The minimum absolute atomic E-state index is 0.0703. The molecule has 1 amide bonds. The standard InChI is InChI=1S/C22H28N2O2/c1-14-19-16(11-8-12-18(19)25)23-20(14)21(26)24-17(13-22(2,3)4)15-9-6-5-7-10-15/h5-7,9-10,17,23H,8,11-13H2,1-4H3,(H,24,26). The summed E-state index contributed by atoms with van der Waals surface area (Å²) in [5, 5.41) is 3.19. The molecule has 4 nitrogen and oxygen atoms in total. The van der Waals surface area contributed by atoms with Crippen molar-refractivity contribution in [1.29, 1.82) is 0 Å². The molecule has 2 N–H and O–H groups in total. The fourth-order valence-corrected chi connectivity index (χ4v) is 3.78.